The zero-order valence-corrected chi connectivity index (χ0v) is 13.4. The second-order valence-corrected chi connectivity index (χ2v) is 7.05. The molecule has 0 aliphatic rings. The van der Waals surface area contributed by atoms with Crippen molar-refractivity contribution in [2.24, 2.45) is 0 Å². The van der Waals surface area contributed by atoms with E-state index in [1.807, 2.05) is 0 Å². The van der Waals surface area contributed by atoms with E-state index in [0.29, 0.717) is 5.56 Å². The number of aryl methyl sites for hydroxylation is 1. The van der Waals surface area contributed by atoms with Crippen molar-refractivity contribution >= 4 is 15.7 Å². The monoisotopic (exact) mass is 338 g/mol. The second-order valence-electron chi connectivity index (χ2n) is 5.07. The predicted molar refractivity (Wildman–Crippen MR) is 82.9 cm³/mol. The fraction of sp³-hybridized carbons (Fsp3) is 0.200. The molecule has 0 amide bonds. The average molecular weight is 338 g/mol. The molecule has 6 nitrogen and oxygen atoms in total. The first-order valence-electron chi connectivity index (χ1n) is 6.68. The van der Waals surface area contributed by atoms with Crippen LogP contribution in [0.25, 0.3) is 0 Å². The van der Waals surface area contributed by atoms with Gasteiger partial charge in [-0.25, -0.2) is 12.8 Å². The smallest absolute Gasteiger partial charge is 0.258 e. The minimum Gasteiger partial charge on any atom is -0.258 e. The molecule has 0 aliphatic carbocycles. The maximum Gasteiger partial charge on any atom is 0.289 e. The lowest BCUT2D eigenvalue weighted by Gasteiger charge is -2.18. The molecule has 0 spiro atoms. The summed E-state index contributed by atoms with van der Waals surface area (Å²) in [6.07, 6.45) is 0. The van der Waals surface area contributed by atoms with E-state index in [0.717, 1.165) is 10.4 Å². The third-order valence-electron chi connectivity index (χ3n) is 3.35. The van der Waals surface area contributed by atoms with Gasteiger partial charge in [-0.2, -0.15) is 4.31 Å². The van der Waals surface area contributed by atoms with E-state index in [1.54, 1.807) is 6.07 Å². The molecule has 0 saturated heterocycles. The van der Waals surface area contributed by atoms with Gasteiger partial charge in [0, 0.05) is 19.7 Å². The van der Waals surface area contributed by atoms with Crippen LogP contribution in [0.15, 0.2) is 47.4 Å². The van der Waals surface area contributed by atoms with Crippen LogP contribution in [0.2, 0.25) is 0 Å². The summed E-state index contributed by atoms with van der Waals surface area (Å²) in [7, 11) is -2.79. The van der Waals surface area contributed by atoms with Gasteiger partial charge in [0.1, 0.15) is 5.82 Å². The van der Waals surface area contributed by atoms with Gasteiger partial charge in [0.15, 0.2) is 4.90 Å². The Morgan fingerprint density at radius 2 is 1.87 bits per heavy atom. The SMILES string of the molecule is Cc1cccc([N+](=O)[O-])c1S(=O)(=O)N(C)Cc1cccc(F)c1. The number of rotatable bonds is 5. The van der Waals surface area contributed by atoms with Crippen molar-refractivity contribution < 1.29 is 17.7 Å². The van der Waals surface area contributed by atoms with Crippen molar-refractivity contribution in [2.75, 3.05) is 7.05 Å². The normalized spacial score (nSPS) is 11.7. The number of nitro benzene ring substituents is 1. The van der Waals surface area contributed by atoms with E-state index < -0.39 is 26.5 Å². The molecule has 8 heteroatoms. The Bertz CT molecular complexity index is 852. The fourth-order valence-corrected chi connectivity index (χ4v) is 3.76. The molecule has 2 aromatic rings. The van der Waals surface area contributed by atoms with Crippen LogP contribution < -0.4 is 0 Å². The van der Waals surface area contributed by atoms with Crippen LogP contribution in [-0.4, -0.2) is 24.7 Å². The van der Waals surface area contributed by atoms with Crippen molar-refractivity contribution in [3.8, 4) is 0 Å². The lowest BCUT2D eigenvalue weighted by molar-refractivity contribution is -0.387. The first-order valence-corrected chi connectivity index (χ1v) is 8.12. The summed E-state index contributed by atoms with van der Waals surface area (Å²) in [5, 5.41) is 11.1. The molecule has 23 heavy (non-hydrogen) atoms. The van der Waals surface area contributed by atoms with Crippen molar-refractivity contribution in [1.29, 1.82) is 0 Å². The highest BCUT2D eigenvalue weighted by Gasteiger charge is 2.31. The minimum atomic E-state index is -4.09. The lowest BCUT2D eigenvalue weighted by atomic mass is 10.2. The molecule has 0 N–H and O–H groups in total. The molecule has 0 atom stereocenters. The molecule has 2 aromatic carbocycles. The summed E-state index contributed by atoms with van der Waals surface area (Å²) < 4.78 is 39.6. The molecule has 0 heterocycles. The van der Waals surface area contributed by atoms with Gasteiger partial charge >= 0.3 is 0 Å². The van der Waals surface area contributed by atoms with Crippen LogP contribution in [0.4, 0.5) is 10.1 Å². The summed E-state index contributed by atoms with van der Waals surface area (Å²) in [6.45, 7) is 1.40. The van der Waals surface area contributed by atoms with Gasteiger partial charge in [-0.1, -0.05) is 24.3 Å². The molecular formula is C15H15FN2O4S. The number of halogens is 1. The Balaban J connectivity index is 2.44. The van der Waals surface area contributed by atoms with Crippen molar-refractivity contribution in [3.05, 3.63) is 69.5 Å². The van der Waals surface area contributed by atoms with Gasteiger partial charge < -0.3 is 0 Å². The van der Waals surface area contributed by atoms with E-state index in [-0.39, 0.29) is 17.0 Å². The Hall–Kier alpha value is -2.32. The van der Waals surface area contributed by atoms with Crippen LogP contribution in [0.1, 0.15) is 11.1 Å². The van der Waals surface area contributed by atoms with Gasteiger partial charge in [-0.3, -0.25) is 10.1 Å². The largest absolute Gasteiger partial charge is 0.289 e. The zero-order chi connectivity index (χ0) is 17.2. The lowest BCUT2D eigenvalue weighted by Crippen LogP contribution is -2.27. The van der Waals surface area contributed by atoms with E-state index >= 15 is 0 Å². The zero-order valence-electron chi connectivity index (χ0n) is 12.6. The third-order valence-corrected chi connectivity index (χ3v) is 5.35. The van der Waals surface area contributed by atoms with E-state index in [9.17, 15) is 22.9 Å². The van der Waals surface area contributed by atoms with Crippen LogP contribution >= 0.6 is 0 Å². The van der Waals surface area contributed by atoms with Crippen LogP contribution in [0, 0.1) is 22.9 Å². The molecule has 0 radical (unpaired) electrons. The number of nitrogens with zero attached hydrogens (tertiary/aromatic N) is 2. The highest BCUT2D eigenvalue weighted by atomic mass is 32.2. The number of hydrogen-bond acceptors (Lipinski definition) is 4. The number of hydrogen-bond donors (Lipinski definition) is 0. The predicted octanol–water partition coefficient (Wildman–Crippen LogP) is 2.86. The first kappa shape index (κ1) is 17.0. The van der Waals surface area contributed by atoms with Gasteiger partial charge in [0.25, 0.3) is 5.69 Å². The highest BCUT2D eigenvalue weighted by Crippen LogP contribution is 2.29. The minimum absolute atomic E-state index is 0.0917. The molecule has 0 saturated carbocycles. The molecule has 0 bridgehead atoms. The molecule has 122 valence electrons. The Labute approximate surface area is 133 Å². The maximum absolute atomic E-state index is 13.2. The van der Waals surface area contributed by atoms with E-state index in [1.165, 1.54) is 44.3 Å². The highest BCUT2D eigenvalue weighted by molar-refractivity contribution is 7.89. The van der Waals surface area contributed by atoms with Crippen LogP contribution in [0.3, 0.4) is 0 Å². The average Bonchev–Trinajstić information content (AvgIpc) is 2.46. The van der Waals surface area contributed by atoms with Crippen LogP contribution in [-0.2, 0) is 16.6 Å². The van der Waals surface area contributed by atoms with E-state index in [4.69, 9.17) is 0 Å². The molecule has 0 aliphatic heterocycles. The fourth-order valence-electron chi connectivity index (χ4n) is 2.25. The maximum atomic E-state index is 13.2. The molecule has 2 rings (SSSR count). The summed E-state index contributed by atoms with van der Waals surface area (Å²) in [5.41, 5.74) is 0.258. The van der Waals surface area contributed by atoms with Gasteiger partial charge in [-0.15, -0.1) is 0 Å². The number of nitro groups is 1. The molecular weight excluding hydrogens is 323 g/mol. The Morgan fingerprint density at radius 3 is 2.48 bits per heavy atom. The molecule has 0 aromatic heterocycles. The molecule has 0 unspecified atom stereocenters. The summed E-state index contributed by atoms with van der Waals surface area (Å²) in [4.78, 5) is 10.0. The Kier molecular flexibility index (Phi) is 4.76. The number of benzene rings is 2. The van der Waals surface area contributed by atoms with Crippen molar-refractivity contribution in [1.82, 2.24) is 4.31 Å². The van der Waals surface area contributed by atoms with Gasteiger partial charge in [-0.05, 0) is 30.2 Å². The third kappa shape index (κ3) is 3.54. The van der Waals surface area contributed by atoms with Crippen LogP contribution in [0.5, 0.6) is 0 Å². The van der Waals surface area contributed by atoms with Gasteiger partial charge in [0.2, 0.25) is 10.0 Å². The standard InChI is InChI=1S/C15H15FN2O4S/c1-11-5-3-8-14(18(19)20)15(11)23(21,22)17(2)10-12-6-4-7-13(16)9-12/h3-9H,10H2,1-2H3. The van der Waals surface area contributed by atoms with Crippen molar-refractivity contribution in [2.45, 2.75) is 18.4 Å². The van der Waals surface area contributed by atoms with Gasteiger partial charge in [0.05, 0.1) is 4.92 Å². The first-order chi connectivity index (χ1) is 10.7. The molecule has 0 fully saturated rings. The quantitative estimate of drug-likeness (QED) is 0.620. The topological polar surface area (TPSA) is 80.5 Å². The summed E-state index contributed by atoms with van der Waals surface area (Å²) in [5.74, 6) is -0.477. The van der Waals surface area contributed by atoms with E-state index in [2.05, 4.69) is 0 Å². The van der Waals surface area contributed by atoms with Crippen molar-refractivity contribution in [3.63, 3.8) is 0 Å². The Morgan fingerprint density at radius 1 is 1.22 bits per heavy atom. The summed E-state index contributed by atoms with van der Waals surface area (Å²) >= 11 is 0. The number of sulfonamides is 1. The summed E-state index contributed by atoms with van der Waals surface area (Å²) in [6, 6.07) is 9.61. The second kappa shape index (κ2) is 6.43.